The number of hydrogen-bond acceptors (Lipinski definition) is 4. The number of fused-ring (bicyclic) bond motifs is 2. The highest BCUT2D eigenvalue weighted by atomic mass is 35.5. The van der Waals surface area contributed by atoms with Crippen LogP contribution in [0.4, 0.5) is 5.00 Å². The molecule has 2 aliphatic rings. The number of carbonyl (C=O) groups excluding carboxylic acids is 2. The van der Waals surface area contributed by atoms with Gasteiger partial charge in [-0.2, -0.15) is 0 Å². The van der Waals surface area contributed by atoms with E-state index in [1.54, 1.807) is 0 Å². The molecular formula is C21H26ClN3O2S. The third-order valence-electron chi connectivity index (χ3n) is 5.56. The van der Waals surface area contributed by atoms with E-state index < -0.39 is 0 Å². The van der Waals surface area contributed by atoms with Gasteiger partial charge in [0.25, 0.3) is 11.8 Å². The van der Waals surface area contributed by atoms with Gasteiger partial charge < -0.3 is 15.5 Å². The molecule has 5 nitrogen and oxygen atoms in total. The average molecular weight is 420 g/mol. The maximum absolute atomic E-state index is 13.1. The molecule has 4 rings (SSSR count). The number of hydrogen-bond donors (Lipinski definition) is 2. The zero-order valence-electron chi connectivity index (χ0n) is 15.9. The lowest BCUT2D eigenvalue weighted by Gasteiger charge is -2.24. The van der Waals surface area contributed by atoms with Crippen molar-refractivity contribution in [1.29, 1.82) is 0 Å². The fourth-order valence-corrected chi connectivity index (χ4v) is 4.71. The molecule has 0 spiro atoms. The summed E-state index contributed by atoms with van der Waals surface area (Å²) in [6.07, 6.45) is 4.29. The summed E-state index contributed by atoms with van der Waals surface area (Å²) < 4.78 is 0. The Balaban J connectivity index is 0.00000225. The van der Waals surface area contributed by atoms with Crippen LogP contribution in [0.15, 0.2) is 35.7 Å². The molecule has 2 fully saturated rings. The van der Waals surface area contributed by atoms with E-state index >= 15 is 0 Å². The Bertz CT molecular complexity index is 836. The highest BCUT2D eigenvalue weighted by molar-refractivity contribution is 7.14. The molecular weight excluding hydrogens is 394 g/mol. The minimum atomic E-state index is -0.175. The van der Waals surface area contributed by atoms with Crippen LogP contribution < -0.4 is 10.6 Å². The number of thiophene rings is 1. The number of likely N-dealkylation sites (tertiary alicyclic amines) is 1. The molecule has 1 aromatic carbocycles. The Morgan fingerprint density at radius 1 is 1.14 bits per heavy atom. The molecule has 7 heteroatoms. The lowest BCUT2D eigenvalue weighted by Crippen LogP contribution is -2.39. The fraction of sp³-hybridized carbons (Fsp3) is 0.429. The van der Waals surface area contributed by atoms with Crippen molar-refractivity contribution < 1.29 is 9.59 Å². The van der Waals surface area contributed by atoms with Crippen molar-refractivity contribution in [3.63, 3.8) is 0 Å². The van der Waals surface area contributed by atoms with Crippen LogP contribution in [-0.2, 0) is 6.42 Å². The fourth-order valence-electron chi connectivity index (χ4n) is 3.94. The van der Waals surface area contributed by atoms with Crippen LogP contribution in [0, 0.1) is 0 Å². The van der Waals surface area contributed by atoms with Gasteiger partial charge in [0.1, 0.15) is 5.00 Å². The number of anilines is 1. The Morgan fingerprint density at radius 3 is 2.64 bits per heavy atom. The molecule has 3 heterocycles. The molecule has 0 saturated carbocycles. The topological polar surface area (TPSA) is 61.4 Å². The second-order valence-electron chi connectivity index (χ2n) is 7.35. The van der Waals surface area contributed by atoms with Gasteiger partial charge in [0.15, 0.2) is 0 Å². The maximum atomic E-state index is 13.1. The summed E-state index contributed by atoms with van der Waals surface area (Å²) in [4.78, 5) is 27.6. The van der Waals surface area contributed by atoms with Crippen molar-refractivity contribution >= 4 is 40.6 Å². The molecule has 28 heavy (non-hydrogen) atoms. The van der Waals surface area contributed by atoms with E-state index in [0.29, 0.717) is 28.2 Å². The van der Waals surface area contributed by atoms with Crippen LogP contribution in [0.1, 0.15) is 52.5 Å². The molecule has 2 saturated heterocycles. The third-order valence-corrected chi connectivity index (χ3v) is 6.39. The second-order valence-corrected chi connectivity index (χ2v) is 8.26. The highest BCUT2D eigenvalue weighted by Crippen LogP contribution is 2.28. The van der Waals surface area contributed by atoms with Crippen molar-refractivity contribution in [2.75, 3.05) is 18.4 Å². The summed E-state index contributed by atoms with van der Waals surface area (Å²) in [6, 6.07) is 10.4. The molecule has 2 N–H and O–H groups in total. The van der Waals surface area contributed by atoms with Crippen molar-refractivity contribution in [2.24, 2.45) is 0 Å². The largest absolute Gasteiger partial charge is 0.337 e. The second kappa shape index (κ2) is 9.07. The van der Waals surface area contributed by atoms with Gasteiger partial charge in [0, 0.05) is 30.7 Å². The summed E-state index contributed by atoms with van der Waals surface area (Å²) in [6.45, 7) is 3.61. The van der Waals surface area contributed by atoms with E-state index in [2.05, 4.69) is 17.6 Å². The Labute approximate surface area is 175 Å². The molecule has 150 valence electrons. The minimum Gasteiger partial charge on any atom is -0.337 e. The normalized spacial score (nSPS) is 21.0. The van der Waals surface area contributed by atoms with Crippen molar-refractivity contribution in [2.45, 2.75) is 44.7 Å². The first-order chi connectivity index (χ1) is 13.1. The molecule has 2 amide bonds. The number of amides is 2. The van der Waals surface area contributed by atoms with Gasteiger partial charge in [0.2, 0.25) is 0 Å². The Hall–Kier alpha value is -1.89. The molecule has 1 aromatic heterocycles. The predicted octanol–water partition coefficient (Wildman–Crippen LogP) is 3.95. The minimum absolute atomic E-state index is 0. The first kappa shape index (κ1) is 20.8. The quantitative estimate of drug-likeness (QED) is 0.788. The van der Waals surface area contributed by atoms with Gasteiger partial charge in [-0.25, -0.2) is 0 Å². The van der Waals surface area contributed by atoms with Crippen LogP contribution in [-0.4, -0.2) is 41.9 Å². The standard InChI is InChI=1S/C21H25N3O2S.ClH/c1-2-14-3-5-15(6-4-14)19(25)23-20-18(10-12-27-20)21(26)24-11-9-16-7-8-17(13-24)22-16;/h3-6,10,12,16-17,22H,2,7-9,11,13H2,1H3,(H,23,25);1H. The number of benzene rings is 1. The van der Waals surface area contributed by atoms with Crippen molar-refractivity contribution in [3.05, 3.63) is 52.4 Å². The van der Waals surface area contributed by atoms with E-state index in [-0.39, 0.29) is 24.2 Å². The van der Waals surface area contributed by atoms with Crippen LogP contribution in [0.3, 0.4) is 0 Å². The number of nitrogens with zero attached hydrogens (tertiary/aromatic N) is 1. The number of aryl methyl sites for hydroxylation is 1. The number of rotatable bonds is 4. The van der Waals surface area contributed by atoms with Gasteiger partial charge in [0.05, 0.1) is 5.56 Å². The first-order valence-corrected chi connectivity index (χ1v) is 10.5. The smallest absolute Gasteiger partial charge is 0.256 e. The molecule has 2 atom stereocenters. The van der Waals surface area contributed by atoms with Crippen molar-refractivity contribution in [3.8, 4) is 0 Å². The summed E-state index contributed by atoms with van der Waals surface area (Å²) in [5.41, 5.74) is 2.40. The first-order valence-electron chi connectivity index (χ1n) is 9.67. The van der Waals surface area contributed by atoms with Gasteiger partial charge in [-0.15, -0.1) is 23.7 Å². The number of halogens is 1. The molecule has 0 aliphatic carbocycles. The lowest BCUT2D eigenvalue weighted by atomic mass is 10.1. The van der Waals surface area contributed by atoms with E-state index in [1.807, 2.05) is 40.6 Å². The van der Waals surface area contributed by atoms with Crippen LogP contribution in [0.2, 0.25) is 0 Å². The SMILES string of the molecule is CCc1ccc(C(=O)Nc2sccc2C(=O)N2CCC3CCC(C2)N3)cc1.Cl. The molecule has 2 aromatic rings. The predicted molar refractivity (Wildman–Crippen MR) is 116 cm³/mol. The number of carbonyl (C=O) groups is 2. The van der Waals surface area contributed by atoms with E-state index in [4.69, 9.17) is 0 Å². The molecule has 2 aliphatic heterocycles. The third kappa shape index (κ3) is 4.40. The summed E-state index contributed by atoms with van der Waals surface area (Å²) in [7, 11) is 0. The van der Waals surface area contributed by atoms with Crippen LogP contribution in [0.5, 0.6) is 0 Å². The summed E-state index contributed by atoms with van der Waals surface area (Å²) in [5, 5.41) is 9.03. The molecule has 0 radical (unpaired) electrons. The monoisotopic (exact) mass is 419 g/mol. The van der Waals surface area contributed by atoms with Crippen LogP contribution >= 0.6 is 23.7 Å². The van der Waals surface area contributed by atoms with Gasteiger partial charge in [-0.3, -0.25) is 9.59 Å². The van der Waals surface area contributed by atoms with Gasteiger partial charge in [-0.05, 0) is 54.8 Å². The van der Waals surface area contributed by atoms with E-state index in [0.717, 1.165) is 32.4 Å². The highest BCUT2D eigenvalue weighted by Gasteiger charge is 2.32. The molecule has 2 unspecified atom stereocenters. The van der Waals surface area contributed by atoms with Crippen molar-refractivity contribution in [1.82, 2.24) is 10.2 Å². The van der Waals surface area contributed by atoms with Gasteiger partial charge in [-0.1, -0.05) is 19.1 Å². The average Bonchev–Trinajstić information content (AvgIpc) is 3.27. The van der Waals surface area contributed by atoms with Gasteiger partial charge >= 0.3 is 0 Å². The van der Waals surface area contributed by atoms with E-state index in [9.17, 15) is 9.59 Å². The maximum Gasteiger partial charge on any atom is 0.256 e. The van der Waals surface area contributed by atoms with Crippen LogP contribution in [0.25, 0.3) is 0 Å². The zero-order chi connectivity index (χ0) is 18.8. The molecule has 2 bridgehead atoms. The Kier molecular flexibility index (Phi) is 6.75. The Morgan fingerprint density at radius 2 is 1.89 bits per heavy atom. The van der Waals surface area contributed by atoms with E-state index in [1.165, 1.54) is 23.3 Å². The number of nitrogens with one attached hydrogen (secondary N) is 2. The zero-order valence-corrected chi connectivity index (χ0v) is 17.6. The summed E-state index contributed by atoms with van der Waals surface area (Å²) in [5.74, 6) is -0.159. The summed E-state index contributed by atoms with van der Waals surface area (Å²) >= 11 is 1.40. The lowest BCUT2D eigenvalue weighted by molar-refractivity contribution is 0.0749.